The number of aryl methyl sites for hydroxylation is 1. The smallest absolute Gasteiger partial charge is 0.231 e. The van der Waals surface area contributed by atoms with E-state index in [9.17, 15) is 0 Å². The Morgan fingerprint density at radius 3 is 2.40 bits per heavy atom. The molecule has 204 valence electrons. The summed E-state index contributed by atoms with van der Waals surface area (Å²) in [6.07, 6.45) is 1.84. The molecule has 0 saturated carbocycles. The molecule has 8 nitrogen and oxygen atoms in total. The number of nitrogens with one attached hydrogen (secondary N) is 1. The molecule has 0 unspecified atom stereocenters. The van der Waals surface area contributed by atoms with Crippen LogP contribution in [0.1, 0.15) is 34.7 Å². The largest absolute Gasteiger partial charge is 0.454 e. The third-order valence-corrected chi connectivity index (χ3v) is 8.32. The second-order valence-electron chi connectivity index (χ2n) is 10.3. The number of aromatic nitrogens is 2. The molecular formula is C31H31N5O3S. The molecule has 2 aromatic heterocycles. The quantitative estimate of drug-likeness (QED) is 0.337. The van der Waals surface area contributed by atoms with Gasteiger partial charge in [0.25, 0.3) is 0 Å². The third-order valence-electron chi connectivity index (χ3n) is 8.01. The number of rotatable bonds is 5. The minimum absolute atomic E-state index is 0.0920. The molecule has 2 saturated heterocycles. The highest BCUT2D eigenvalue weighted by Gasteiger charge is 2.42. The molecule has 0 bridgehead atoms. The number of ether oxygens (including phenoxy) is 3. The van der Waals surface area contributed by atoms with Crippen LogP contribution in [0, 0.1) is 13.8 Å². The van der Waals surface area contributed by atoms with Crippen LogP contribution in [0.5, 0.6) is 11.5 Å². The Kier molecular flexibility index (Phi) is 6.32. The molecule has 1 N–H and O–H groups in total. The second kappa shape index (κ2) is 10.1. The number of pyridine rings is 1. The maximum Gasteiger partial charge on any atom is 0.231 e. The molecule has 4 aromatic rings. The summed E-state index contributed by atoms with van der Waals surface area (Å²) in [5, 5.41) is 4.28. The zero-order valence-electron chi connectivity index (χ0n) is 22.5. The average molecular weight is 554 g/mol. The molecule has 40 heavy (non-hydrogen) atoms. The SMILES string of the molecule is Cc1cc([C@H]2[C@H](c3ccccn3)NC(=S)N2c2ccc(N3CCOCC3)cc2)c(C)n1-c1ccc2c(c1)OCO2. The maximum atomic E-state index is 5.99. The van der Waals surface area contributed by atoms with Crippen LogP contribution in [-0.2, 0) is 4.74 Å². The van der Waals surface area contributed by atoms with Gasteiger partial charge in [-0.25, -0.2) is 0 Å². The highest BCUT2D eigenvalue weighted by Crippen LogP contribution is 2.44. The number of hydrogen-bond donors (Lipinski definition) is 1. The van der Waals surface area contributed by atoms with Gasteiger partial charge in [-0.1, -0.05) is 6.07 Å². The van der Waals surface area contributed by atoms with E-state index in [1.807, 2.05) is 30.5 Å². The predicted octanol–water partition coefficient (Wildman–Crippen LogP) is 5.23. The Balaban J connectivity index is 1.30. The van der Waals surface area contributed by atoms with Crippen molar-refractivity contribution in [3.05, 3.63) is 95.6 Å². The molecular weight excluding hydrogens is 522 g/mol. The third kappa shape index (κ3) is 4.26. The standard InChI is InChI=1S/C31H31N5O3S/c1-20-17-25(21(2)35(20)24-10-11-27-28(18-24)39-19-38-27)30-29(26-5-3-4-12-32-26)33-31(40)36(30)23-8-6-22(7-9-23)34-13-15-37-16-14-34/h3-12,17-18,29-30H,13-16,19H2,1-2H3,(H,33,40)/t29-,30-/m0/s1. The maximum absolute atomic E-state index is 5.99. The Morgan fingerprint density at radius 1 is 0.875 bits per heavy atom. The van der Waals surface area contributed by atoms with Gasteiger partial charge in [0.15, 0.2) is 16.6 Å². The Morgan fingerprint density at radius 2 is 1.62 bits per heavy atom. The van der Waals surface area contributed by atoms with Crippen molar-refractivity contribution < 1.29 is 14.2 Å². The van der Waals surface area contributed by atoms with Crippen LogP contribution in [-0.4, -0.2) is 47.8 Å². The zero-order valence-corrected chi connectivity index (χ0v) is 23.4. The van der Waals surface area contributed by atoms with E-state index in [2.05, 4.69) is 76.0 Å². The number of anilines is 2. The molecule has 2 atom stereocenters. The van der Waals surface area contributed by atoms with Crippen molar-refractivity contribution in [1.29, 1.82) is 0 Å². The highest BCUT2D eigenvalue weighted by atomic mass is 32.1. The summed E-state index contributed by atoms with van der Waals surface area (Å²) in [4.78, 5) is 9.33. The van der Waals surface area contributed by atoms with Gasteiger partial charge in [-0.2, -0.15) is 0 Å². The molecule has 0 radical (unpaired) electrons. The summed E-state index contributed by atoms with van der Waals surface area (Å²) in [6.45, 7) is 7.88. The fourth-order valence-corrected chi connectivity index (χ4v) is 6.45. The van der Waals surface area contributed by atoms with Crippen LogP contribution >= 0.6 is 12.2 Å². The molecule has 3 aliphatic rings. The van der Waals surface area contributed by atoms with Crippen molar-refractivity contribution >= 4 is 28.7 Å². The predicted molar refractivity (Wildman–Crippen MR) is 159 cm³/mol. The summed E-state index contributed by atoms with van der Waals surface area (Å²) in [7, 11) is 0. The molecule has 0 amide bonds. The monoisotopic (exact) mass is 553 g/mol. The normalized spacial score (nSPS) is 20.2. The topological polar surface area (TPSA) is 64.0 Å². The number of benzene rings is 2. The molecule has 3 aliphatic heterocycles. The first-order valence-corrected chi connectivity index (χ1v) is 14.0. The first-order chi connectivity index (χ1) is 19.6. The van der Waals surface area contributed by atoms with Crippen molar-refractivity contribution in [2.75, 3.05) is 42.9 Å². The van der Waals surface area contributed by atoms with Gasteiger partial charge in [-0.3, -0.25) is 4.98 Å². The molecule has 5 heterocycles. The van der Waals surface area contributed by atoms with Gasteiger partial charge in [0.1, 0.15) is 0 Å². The van der Waals surface area contributed by atoms with Gasteiger partial charge < -0.3 is 33.9 Å². The summed E-state index contributed by atoms with van der Waals surface area (Å²) < 4.78 is 19.0. The number of hydrogen-bond acceptors (Lipinski definition) is 6. The summed E-state index contributed by atoms with van der Waals surface area (Å²) in [6, 6.07) is 22.9. The summed E-state index contributed by atoms with van der Waals surface area (Å²) in [5.74, 6) is 1.54. The lowest BCUT2D eigenvalue weighted by Gasteiger charge is -2.31. The van der Waals surface area contributed by atoms with Crippen molar-refractivity contribution in [3.63, 3.8) is 0 Å². The van der Waals surface area contributed by atoms with Gasteiger partial charge in [-0.05, 0) is 86.2 Å². The van der Waals surface area contributed by atoms with Gasteiger partial charge >= 0.3 is 0 Å². The lowest BCUT2D eigenvalue weighted by atomic mass is 9.96. The van der Waals surface area contributed by atoms with Crippen molar-refractivity contribution in [2.24, 2.45) is 0 Å². The fourth-order valence-electron chi connectivity index (χ4n) is 6.10. The summed E-state index contributed by atoms with van der Waals surface area (Å²) >= 11 is 5.99. The van der Waals surface area contributed by atoms with E-state index < -0.39 is 0 Å². The van der Waals surface area contributed by atoms with Crippen LogP contribution in [0.15, 0.2) is 72.9 Å². The minimum Gasteiger partial charge on any atom is -0.454 e. The average Bonchev–Trinajstić information content (AvgIpc) is 3.68. The first-order valence-electron chi connectivity index (χ1n) is 13.6. The molecule has 2 fully saturated rings. The lowest BCUT2D eigenvalue weighted by molar-refractivity contribution is 0.122. The number of fused-ring (bicyclic) bond motifs is 1. The van der Waals surface area contributed by atoms with Crippen molar-refractivity contribution in [3.8, 4) is 17.2 Å². The number of nitrogens with zero attached hydrogens (tertiary/aromatic N) is 4. The van der Waals surface area contributed by atoms with E-state index >= 15 is 0 Å². The number of thiocarbonyl (C=S) groups is 1. The van der Waals surface area contributed by atoms with E-state index in [0.29, 0.717) is 5.11 Å². The Labute approximate surface area is 239 Å². The Bertz CT molecular complexity index is 1550. The second-order valence-corrected chi connectivity index (χ2v) is 10.7. The van der Waals surface area contributed by atoms with E-state index in [1.54, 1.807) is 0 Å². The summed E-state index contributed by atoms with van der Waals surface area (Å²) in [5.41, 5.74) is 7.70. The minimum atomic E-state index is -0.113. The molecule has 0 spiro atoms. The number of morpholine rings is 1. The van der Waals surface area contributed by atoms with Crippen molar-refractivity contribution in [2.45, 2.75) is 25.9 Å². The van der Waals surface area contributed by atoms with E-state index in [4.69, 9.17) is 31.4 Å². The van der Waals surface area contributed by atoms with Crippen LogP contribution in [0.25, 0.3) is 5.69 Å². The Hall–Kier alpha value is -4.08. The van der Waals surface area contributed by atoms with E-state index in [0.717, 1.165) is 66.3 Å². The van der Waals surface area contributed by atoms with Crippen LogP contribution in [0.2, 0.25) is 0 Å². The highest BCUT2D eigenvalue weighted by molar-refractivity contribution is 7.80. The molecule has 7 rings (SSSR count). The van der Waals surface area contributed by atoms with Crippen molar-refractivity contribution in [1.82, 2.24) is 14.9 Å². The van der Waals surface area contributed by atoms with Gasteiger partial charge in [0.05, 0.1) is 31.0 Å². The van der Waals surface area contributed by atoms with Gasteiger partial charge in [0.2, 0.25) is 6.79 Å². The lowest BCUT2D eigenvalue weighted by Crippen LogP contribution is -2.36. The first kappa shape index (κ1) is 24.9. The van der Waals surface area contributed by atoms with Gasteiger partial charge in [0, 0.05) is 53.8 Å². The van der Waals surface area contributed by atoms with E-state index in [-0.39, 0.29) is 18.9 Å². The van der Waals surface area contributed by atoms with Crippen LogP contribution in [0.4, 0.5) is 11.4 Å². The molecule has 0 aliphatic carbocycles. The molecule has 2 aromatic carbocycles. The fraction of sp³-hybridized carbons (Fsp3) is 0.290. The zero-order chi connectivity index (χ0) is 27.2. The van der Waals surface area contributed by atoms with Crippen LogP contribution < -0.4 is 24.6 Å². The van der Waals surface area contributed by atoms with E-state index in [1.165, 1.54) is 11.3 Å². The van der Waals surface area contributed by atoms with Crippen LogP contribution in [0.3, 0.4) is 0 Å². The molecule has 9 heteroatoms. The van der Waals surface area contributed by atoms with Gasteiger partial charge in [-0.15, -0.1) is 0 Å².